The van der Waals surface area contributed by atoms with Crippen molar-refractivity contribution in [3.8, 4) is 0 Å². The number of aliphatic hydroxyl groups is 1. The summed E-state index contributed by atoms with van der Waals surface area (Å²) in [6.45, 7) is 1.18. The molecule has 18 heavy (non-hydrogen) atoms. The normalized spacial score (nSPS) is 16.7. The maximum Gasteiger partial charge on any atom is 0.0950 e. The summed E-state index contributed by atoms with van der Waals surface area (Å²) in [7, 11) is 0. The van der Waals surface area contributed by atoms with E-state index in [1.807, 2.05) is 18.2 Å². The predicted octanol–water partition coefficient (Wildman–Crippen LogP) is 2.20. The summed E-state index contributed by atoms with van der Waals surface area (Å²) in [5, 5.41) is 21.8. The number of hydrogen-bond donors (Lipinski definition) is 2. The van der Waals surface area contributed by atoms with E-state index < -0.39 is 0 Å². The number of fused-ring (bicyclic) bond motifs is 1. The molecule has 1 saturated carbocycles. The van der Waals surface area contributed by atoms with Crippen LogP contribution < -0.4 is 5.32 Å². The Labute approximate surface area is 106 Å². The lowest BCUT2D eigenvalue weighted by molar-refractivity contribution is 0.253. The van der Waals surface area contributed by atoms with Crippen molar-refractivity contribution in [1.29, 1.82) is 0 Å². The SMILES string of the molecule is OCCC1(CNc2cnnc3ccccc23)CC1. The Bertz CT molecular complexity index is 546. The smallest absolute Gasteiger partial charge is 0.0950 e. The summed E-state index contributed by atoms with van der Waals surface area (Å²) in [6, 6.07) is 8.00. The van der Waals surface area contributed by atoms with Crippen molar-refractivity contribution in [2.24, 2.45) is 5.41 Å². The van der Waals surface area contributed by atoms with Crippen molar-refractivity contribution in [3.63, 3.8) is 0 Å². The molecule has 1 heterocycles. The Morgan fingerprint density at radius 3 is 2.89 bits per heavy atom. The summed E-state index contributed by atoms with van der Waals surface area (Å²) >= 11 is 0. The van der Waals surface area contributed by atoms with E-state index in [9.17, 15) is 0 Å². The van der Waals surface area contributed by atoms with Crippen molar-refractivity contribution >= 4 is 16.6 Å². The van der Waals surface area contributed by atoms with Gasteiger partial charge in [0.1, 0.15) is 0 Å². The standard InChI is InChI=1S/C14H17N3O/c18-8-7-14(5-6-14)10-15-13-9-16-17-12-4-2-1-3-11(12)13/h1-4,9,18H,5-8,10H2,(H,15,17). The molecule has 1 aliphatic rings. The van der Waals surface area contributed by atoms with Crippen LogP contribution in [0.5, 0.6) is 0 Å². The van der Waals surface area contributed by atoms with Gasteiger partial charge in [-0.25, -0.2) is 0 Å². The molecule has 94 valence electrons. The van der Waals surface area contributed by atoms with Gasteiger partial charge in [-0.2, -0.15) is 10.2 Å². The van der Waals surface area contributed by atoms with E-state index in [0.29, 0.717) is 5.41 Å². The summed E-state index contributed by atoms with van der Waals surface area (Å²) in [6.07, 6.45) is 5.07. The van der Waals surface area contributed by atoms with Crippen molar-refractivity contribution in [2.45, 2.75) is 19.3 Å². The average Bonchev–Trinajstić information content (AvgIpc) is 3.17. The molecule has 1 aliphatic carbocycles. The third-order valence-electron chi connectivity index (χ3n) is 3.80. The Morgan fingerprint density at radius 1 is 1.28 bits per heavy atom. The van der Waals surface area contributed by atoms with E-state index in [-0.39, 0.29) is 6.61 Å². The first-order chi connectivity index (χ1) is 8.83. The minimum Gasteiger partial charge on any atom is -0.396 e. The van der Waals surface area contributed by atoms with Gasteiger partial charge >= 0.3 is 0 Å². The minimum absolute atomic E-state index is 0.275. The number of nitrogens with one attached hydrogen (secondary N) is 1. The van der Waals surface area contributed by atoms with E-state index in [1.54, 1.807) is 6.20 Å². The van der Waals surface area contributed by atoms with Crippen molar-refractivity contribution in [1.82, 2.24) is 10.2 Å². The molecule has 0 atom stereocenters. The number of rotatable bonds is 5. The lowest BCUT2D eigenvalue weighted by Crippen LogP contribution is -2.17. The predicted molar refractivity (Wildman–Crippen MR) is 71.4 cm³/mol. The second-order valence-electron chi connectivity index (χ2n) is 5.10. The van der Waals surface area contributed by atoms with Gasteiger partial charge in [0.25, 0.3) is 0 Å². The summed E-state index contributed by atoms with van der Waals surface area (Å²) in [5.41, 5.74) is 2.25. The first kappa shape index (κ1) is 11.4. The number of benzene rings is 1. The molecule has 1 aromatic carbocycles. The van der Waals surface area contributed by atoms with E-state index in [1.165, 1.54) is 12.8 Å². The number of aromatic nitrogens is 2. The van der Waals surface area contributed by atoms with Crippen LogP contribution in [0.2, 0.25) is 0 Å². The average molecular weight is 243 g/mol. The van der Waals surface area contributed by atoms with Crippen molar-refractivity contribution < 1.29 is 5.11 Å². The maximum absolute atomic E-state index is 9.06. The van der Waals surface area contributed by atoms with Crippen LogP contribution in [0.1, 0.15) is 19.3 Å². The highest BCUT2D eigenvalue weighted by atomic mass is 16.3. The van der Waals surface area contributed by atoms with E-state index in [2.05, 4.69) is 21.6 Å². The van der Waals surface area contributed by atoms with E-state index in [4.69, 9.17) is 5.11 Å². The molecule has 0 spiro atoms. The van der Waals surface area contributed by atoms with Crippen LogP contribution in [0.3, 0.4) is 0 Å². The fourth-order valence-electron chi connectivity index (χ4n) is 2.36. The van der Waals surface area contributed by atoms with Gasteiger partial charge in [-0.1, -0.05) is 18.2 Å². The third-order valence-corrected chi connectivity index (χ3v) is 3.80. The van der Waals surface area contributed by atoms with E-state index in [0.717, 1.165) is 29.6 Å². The zero-order chi connectivity index (χ0) is 12.4. The van der Waals surface area contributed by atoms with E-state index >= 15 is 0 Å². The summed E-state index contributed by atoms with van der Waals surface area (Å²) < 4.78 is 0. The Kier molecular flexibility index (Phi) is 2.88. The molecule has 0 radical (unpaired) electrons. The van der Waals surface area contributed by atoms with Crippen molar-refractivity contribution in [2.75, 3.05) is 18.5 Å². The molecule has 2 aromatic rings. The van der Waals surface area contributed by atoms with Gasteiger partial charge in [0.05, 0.1) is 17.4 Å². The molecule has 1 aromatic heterocycles. The monoisotopic (exact) mass is 243 g/mol. The third kappa shape index (κ3) is 2.16. The lowest BCUT2D eigenvalue weighted by Gasteiger charge is -2.16. The van der Waals surface area contributed by atoms with Gasteiger partial charge in [0.2, 0.25) is 0 Å². The van der Waals surface area contributed by atoms with Gasteiger partial charge < -0.3 is 10.4 Å². The fraction of sp³-hybridized carbons (Fsp3) is 0.429. The van der Waals surface area contributed by atoms with Crippen LogP contribution in [0.15, 0.2) is 30.5 Å². The molecule has 3 rings (SSSR count). The number of anilines is 1. The zero-order valence-corrected chi connectivity index (χ0v) is 10.3. The first-order valence-electron chi connectivity index (χ1n) is 6.38. The first-order valence-corrected chi connectivity index (χ1v) is 6.38. The van der Waals surface area contributed by atoms with Gasteiger partial charge in [-0.3, -0.25) is 0 Å². The van der Waals surface area contributed by atoms with Crippen LogP contribution in [0, 0.1) is 5.41 Å². The van der Waals surface area contributed by atoms with Crippen LogP contribution >= 0.6 is 0 Å². The maximum atomic E-state index is 9.06. The van der Waals surface area contributed by atoms with Crippen LogP contribution in [0.4, 0.5) is 5.69 Å². The molecule has 0 aliphatic heterocycles. The van der Waals surface area contributed by atoms with Crippen molar-refractivity contribution in [3.05, 3.63) is 30.5 Å². The van der Waals surface area contributed by atoms with Crippen LogP contribution in [-0.4, -0.2) is 28.5 Å². The molecule has 2 N–H and O–H groups in total. The minimum atomic E-state index is 0.275. The van der Waals surface area contributed by atoms with Gasteiger partial charge in [0.15, 0.2) is 0 Å². The molecule has 1 fully saturated rings. The molecule has 4 heteroatoms. The quantitative estimate of drug-likeness (QED) is 0.845. The highest BCUT2D eigenvalue weighted by Gasteiger charge is 2.41. The zero-order valence-electron chi connectivity index (χ0n) is 10.3. The molecule has 0 bridgehead atoms. The molecule has 0 unspecified atom stereocenters. The molecule has 0 amide bonds. The van der Waals surface area contributed by atoms with Crippen LogP contribution in [0.25, 0.3) is 10.9 Å². The summed E-state index contributed by atoms with van der Waals surface area (Å²) in [4.78, 5) is 0. The van der Waals surface area contributed by atoms with Gasteiger partial charge in [-0.05, 0) is 30.7 Å². The molecule has 0 saturated heterocycles. The Balaban J connectivity index is 1.79. The topological polar surface area (TPSA) is 58.0 Å². The lowest BCUT2D eigenvalue weighted by atomic mass is 10.0. The van der Waals surface area contributed by atoms with Crippen LogP contribution in [-0.2, 0) is 0 Å². The molecular formula is C14H17N3O. The van der Waals surface area contributed by atoms with Gasteiger partial charge in [-0.15, -0.1) is 0 Å². The summed E-state index contributed by atoms with van der Waals surface area (Å²) in [5.74, 6) is 0. The highest BCUT2D eigenvalue weighted by Crippen LogP contribution is 2.48. The second kappa shape index (κ2) is 4.53. The fourth-order valence-corrected chi connectivity index (χ4v) is 2.36. The molecular weight excluding hydrogens is 226 g/mol. The Hall–Kier alpha value is -1.68. The number of aliphatic hydroxyl groups excluding tert-OH is 1. The van der Waals surface area contributed by atoms with Gasteiger partial charge in [0, 0.05) is 18.5 Å². The molecule has 4 nitrogen and oxygen atoms in total. The largest absolute Gasteiger partial charge is 0.396 e. The second-order valence-corrected chi connectivity index (χ2v) is 5.10. The number of nitrogens with zero attached hydrogens (tertiary/aromatic N) is 2. The Morgan fingerprint density at radius 2 is 2.11 bits per heavy atom. The highest BCUT2D eigenvalue weighted by molar-refractivity contribution is 5.90. The number of hydrogen-bond acceptors (Lipinski definition) is 4.